The van der Waals surface area contributed by atoms with E-state index >= 15 is 0 Å². The van der Waals surface area contributed by atoms with Crippen molar-refractivity contribution < 1.29 is 33.6 Å². The van der Waals surface area contributed by atoms with Crippen LogP contribution in [0.15, 0.2) is 24.0 Å². The van der Waals surface area contributed by atoms with Gasteiger partial charge in [0.2, 0.25) is 0 Å². The molecule has 0 aromatic heterocycles. The molecule has 2 aliphatic heterocycles. The van der Waals surface area contributed by atoms with Gasteiger partial charge in [-0.2, -0.15) is 0 Å². The summed E-state index contributed by atoms with van der Waals surface area (Å²) in [6.07, 6.45) is 2.06. The normalized spacial score (nSPS) is 31.5. The topological polar surface area (TPSA) is 107 Å². The number of benzene rings is 1. The quantitative estimate of drug-likeness (QED) is 0.625. The molecule has 35 heavy (non-hydrogen) atoms. The zero-order chi connectivity index (χ0) is 25.3. The summed E-state index contributed by atoms with van der Waals surface area (Å²) in [6.45, 7) is 7.57. The van der Waals surface area contributed by atoms with E-state index in [0.717, 1.165) is 17.7 Å². The first-order valence-electron chi connectivity index (χ1n) is 12.1. The summed E-state index contributed by atoms with van der Waals surface area (Å²) >= 11 is 0. The summed E-state index contributed by atoms with van der Waals surface area (Å²) in [5.74, 6) is 0.931. The predicted molar refractivity (Wildman–Crippen MR) is 126 cm³/mol. The van der Waals surface area contributed by atoms with E-state index in [1.54, 1.807) is 40.9 Å². The van der Waals surface area contributed by atoms with Crippen LogP contribution in [0.2, 0.25) is 0 Å². The van der Waals surface area contributed by atoms with Crippen LogP contribution in [-0.2, 0) is 26.1 Å². The van der Waals surface area contributed by atoms with Gasteiger partial charge in [-0.25, -0.2) is 9.59 Å². The Morgan fingerprint density at radius 1 is 1.31 bits per heavy atom. The van der Waals surface area contributed by atoms with Gasteiger partial charge in [0.1, 0.15) is 17.4 Å². The Morgan fingerprint density at radius 3 is 2.74 bits per heavy atom. The number of nitrogens with zero attached hydrogens (tertiary/aromatic N) is 1. The van der Waals surface area contributed by atoms with Crippen LogP contribution in [0.25, 0.3) is 0 Å². The number of likely N-dealkylation sites (N-methyl/N-ethyl adjacent to an activating group) is 1. The van der Waals surface area contributed by atoms with Crippen LogP contribution in [0.5, 0.6) is 11.5 Å². The van der Waals surface area contributed by atoms with Crippen LogP contribution in [0.3, 0.4) is 0 Å². The van der Waals surface area contributed by atoms with Gasteiger partial charge in [-0.15, -0.1) is 0 Å². The summed E-state index contributed by atoms with van der Waals surface area (Å²) in [7, 11) is 3.63. The Morgan fingerprint density at radius 2 is 2.06 bits per heavy atom. The third-order valence-electron chi connectivity index (χ3n) is 7.86. The Bertz CT molecular complexity index is 1110. The number of rotatable bonds is 4. The van der Waals surface area contributed by atoms with Crippen molar-refractivity contribution in [1.82, 2.24) is 10.2 Å². The third-order valence-corrected chi connectivity index (χ3v) is 7.86. The minimum Gasteiger partial charge on any atom is -0.493 e. The molecule has 5 rings (SSSR count). The molecule has 5 atom stereocenters. The Balaban J connectivity index is 1.47. The van der Waals surface area contributed by atoms with Crippen LogP contribution in [0, 0.1) is 0 Å². The molecule has 1 aromatic carbocycles. The van der Waals surface area contributed by atoms with Gasteiger partial charge in [-0.1, -0.05) is 6.07 Å². The molecule has 1 amide bonds. The van der Waals surface area contributed by atoms with Gasteiger partial charge in [0.05, 0.1) is 18.1 Å². The van der Waals surface area contributed by atoms with Gasteiger partial charge in [-0.3, -0.25) is 0 Å². The smallest absolute Gasteiger partial charge is 0.408 e. The fourth-order valence-electron chi connectivity index (χ4n) is 6.34. The lowest BCUT2D eigenvalue weighted by Gasteiger charge is -2.61. The molecular formula is C26H34N2O7. The predicted octanol–water partition coefficient (Wildman–Crippen LogP) is 2.43. The van der Waals surface area contributed by atoms with Gasteiger partial charge in [-0.05, 0) is 71.8 Å². The number of amides is 1. The molecule has 0 saturated carbocycles. The summed E-state index contributed by atoms with van der Waals surface area (Å²) in [5.41, 5.74) is -0.429. The standard InChI is InChI=1S/C26H34N2O7/c1-14(27-23(30)35-24(2,3)4)22(29)33-17-9-10-26(31)18-13-15-7-8-16(32-6)20-19(15)25(26,21(17)34-20)11-12-28(18)5/h7-9,14,18,21,31H,10-13H2,1-6H3,(H,27,30). The molecule has 1 spiro atoms. The molecule has 9 heteroatoms. The molecule has 4 aliphatic rings. The van der Waals surface area contributed by atoms with E-state index in [9.17, 15) is 14.7 Å². The number of nitrogens with one attached hydrogen (secondary N) is 1. The molecule has 5 unspecified atom stereocenters. The lowest BCUT2D eigenvalue weighted by Crippen LogP contribution is -2.74. The van der Waals surface area contributed by atoms with Crippen molar-refractivity contribution in [3.8, 4) is 11.5 Å². The van der Waals surface area contributed by atoms with Crippen molar-refractivity contribution in [2.75, 3.05) is 20.7 Å². The van der Waals surface area contributed by atoms with Crippen molar-refractivity contribution in [2.45, 2.75) is 81.8 Å². The zero-order valence-electron chi connectivity index (χ0n) is 21.1. The number of aliphatic hydroxyl groups is 1. The second-order valence-electron chi connectivity index (χ2n) is 11.1. The highest BCUT2D eigenvalue weighted by atomic mass is 16.6. The largest absolute Gasteiger partial charge is 0.493 e. The Hall–Kier alpha value is -2.78. The molecule has 1 fully saturated rings. The number of hydrogen-bond acceptors (Lipinski definition) is 8. The number of carbonyl (C=O) groups excluding carboxylic acids is 2. The second kappa shape index (κ2) is 7.86. The minimum absolute atomic E-state index is 0.0875. The van der Waals surface area contributed by atoms with E-state index in [1.165, 1.54) is 0 Å². The lowest BCUT2D eigenvalue weighted by atomic mass is 9.50. The molecule has 2 N–H and O–H groups in total. The lowest BCUT2D eigenvalue weighted by molar-refractivity contribution is -0.169. The highest BCUT2D eigenvalue weighted by Crippen LogP contribution is 2.65. The fourth-order valence-corrected chi connectivity index (χ4v) is 6.34. The van der Waals surface area contributed by atoms with Gasteiger partial charge >= 0.3 is 12.1 Å². The Kier molecular flexibility index (Phi) is 5.38. The molecule has 2 bridgehead atoms. The molecule has 9 nitrogen and oxygen atoms in total. The van der Waals surface area contributed by atoms with E-state index in [2.05, 4.69) is 10.2 Å². The van der Waals surface area contributed by atoms with Crippen LogP contribution >= 0.6 is 0 Å². The Labute approximate surface area is 205 Å². The molecule has 0 radical (unpaired) electrons. The number of methoxy groups -OCH3 is 1. The molecule has 1 saturated heterocycles. The highest BCUT2D eigenvalue weighted by Gasteiger charge is 2.72. The fraction of sp³-hybridized carbons (Fsp3) is 0.615. The summed E-state index contributed by atoms with van der Waals surface area (Å²) in [5, 5.41) is 14.7. The first-order chi connectivity index (χ1) is 16.4. The van der Waals surface area contributed by atoms with Crippen molar-refractivity contribution in [3.63, 3.8) is 0 Å². The maximum atomic E-state index is 13.0. The van der Waals surface area contributed by atoms with E-state index in [1.807, 2.05) is 19.2 Å². The van der Waals surface area contributed by atoms with Crippen LogP contribution < -0.4 is 14.8 Å². The summed E-state index contributed by atoms with van der Waals surface area (Å²) < 4.78 is 23.2. The van der Waals surface area contributed by atoms with E-state index in [0.29, 0.717) is 36.5 Å². The van der Waals surface area contributed by atoms with E-state index in [-0.39, 0.29) is 6.04 Å². The SMILES string of the molecule is COc1ccc2c3c1OC1C(OC(=O)C(C)NC(=O)OC(C)(C)C)=CCC4(O)C(C2)N(C)CCC314. The first kappa shape index (κ1) is 23.9. The molecule has 1 aromatic rings. The van der Waals surface area contributed by atoms with Crippen LogP contribution in [0.1, 0.15) is 51.7 Å². The molecule has 190 valence electrons. The molecule has 2 heterocycles. The summed E-state index contributed by atoms with van der Waals surface area (Å²) in [4.78, 5) is 27.3. The van der Waals surface area contributed by atoms with Gasteiger partial charge < -0.3 is 34.3 Å². The van der Waals surface area contributed by atoms with Crippen molar-refractivity contribution in [1.29, 1.82) is 0 Å². The third kappa shape index (κ3) is 3.42. The number of hydrogen-bond donors (Lipinski definition) is 2. The van der Waals surface area contributed by atoms with E-state index in [4.69, 9.17) is 18.9 Å². The maximum absolute atomic E-state index is 13.0. The average Bonchev–Trinajstić information content (AvgIpc) is 3.12. The second-order valence-corrected chi connectivity index (χ2v) is 11.1. The maximum Gasteiger partial charge on any atom is 0.408 e. The minimum atomic E-state index is -1.08. The first-order valence-corrected chi connectivity index (χ1v) is 12.1. The number of piperidine rings is 1. The number of ether oxygens (including phenoxy) is 4. The summed E-state index contributed by atoms with van der Waals surface area (Å²) in [6, 6.07) is 2.92. The van der Waals surface area contributed by atoms with Gasteiger partial charge in [0.15, 0.2) is 17.6 Å². The highest BCUT2D eigenvalue weighted by molar-refractivity contribution is 5.82. The monoisotopic (exact) mass is 486 g/mol. The molecular weight excluding hydrogens is 452 g/mol. The van der Waals surface area contributed by atoms with Crippen molar-refractivity contribution in [2.24, 2.45) is 0 Å². The van der Waals surface area contributed by atoms with Crippen LogP contribution in [-0.4, -0.2) is 72.2 Å². The number of likely N-dealkylation sites (tertiary alicyclic amines) is 1. The average molecular weight is 487 g/mol. The number of alkyl carbamates (subject to hydrolysis) is 1. The van der Waals surface area contributed by atoms with Gasteiger partial charge in [0, 0.05) is 18.0 Å². The number of esters is 1. The number of carbonyl (C=O) groups is 2. The zero-order valence-corrected chi connectivity index (χ0v) is 21.1. The van der Waals surface area contributed by atoms with Crippen molar-refractivity contribution in [3.05, 3.63) is 35.1 Å². The van der Waals surface area contributed by atoms with Gasteiger partial charge in [0.25, 0.3) is 0 Å². The van der Waals surface area contributed by atoms with Crippen LogP contribution in [0.4, 0.5) is 4.79 Å². The van der Waals surface area contributed by atoms with E-state index < -0.39 is 40.8 Å². The van der Waals surface area contributed by atoms with Crippen molar-refractivity contribution >= 4 is 12.1 Å². The molecule has 2 aliphatic carbocycles.